The van der Waals surface area contributed by atoms with Crippen molar-refractivity contribution in [1.29, 1.82) is 0 Å². The van der Waals surface area contributed by atoms with E-state index in [9.17, 15) is 22.8 Å². The fourth-order valence-electron chi connectivity index (χ4n) is 1.77. The molecule has 0 saturated carbocycles. The molecule has 0 atom stereocenters. The van der Waals surface area contributed by atoms with E-state index in [0.717, 1.165) is 12.1 Å². The molecule has 0 spiro atoms. The molecule has 2 N–H and O–H groups in total. The van der Waals surface area contributed by atoms with E-state index >= 15 is 0 Å². The van der Waals surface area contributed by atoms with E-state index in [-0.39, 0.29) is 10.7 Å². The topological polar surface area (TPSA) is 70.6 Å². The van der Waals surface area contributed by atoms with Crippen molar-refractivity contribution in [3.05, 3.63) is 63.6 Å². The lowest BCUT2D eigenvalue weighted by Gasteiger charge is -2.11. The van der Waals surface area contributed by atoms with Crippen molar-refractivity contribution in [2.45, 2.75) is 6.18 Å². The molecule has 2 aromatic carbocycles. The maximum absolute atomic E-state index is 12.7. The zero-order valence-electron chi connectivity index (χ0n) is 12.8. The van der Waals surface area contributed by atoms with Crippen molar-refractivity contribution in [2.24, 2.45) is 5.10 Å². The predicted octanol–water partition coefficient (Wildman–Crippen LogP) is 4.10. The van der Waals surface area contributed by atoms with Gasteiger partial charge in [0.25, 0.3) is 0 Å². The first-order chi connectivity index (χ1) is 12.2. The van der Waals surface area contributed by atoms with Crippen LogP contribution in [0, 0.1) is 0 Å². The molecule has 10 heteroatoms. The van der Waals surface area contributed by atoms with E-state index in [1.807, 2.05) is 10.7 Å². The standard InChI is InChI=1S/C16H10Cl2F3N3O2/c17-11-4-2-1-3-9(11)8-22-24-15(26)14(25)23-13-7-10(16(19,20)21)5-6-12(13)18/h1-8H,(H,23,25)(H,24,26)/b22-8+. The number of rotatable bonds is 3. The van der Waals surface area contributed by atoms with E-state index < -0.39 is 23.6 Å². The minimum Gasteiger partial charge on any atom is -0.316 e. The van der Waals surface area contributed by atoms with Crippen LogP contribution in [-0.2, 0) is 15.8 Å². The second-order valence-corrected chi connectivity index (χ2v) is 5.68. The lowest BCUT2D eigenvalue weighted by atomic mass is 10.2. The second kappa shape index (κ2) is 8.20. The van der Waals surface area contributed by atoms with Crippen LogP contribution >= 0.6 is 23.2 Å². The SMILES string of the molecule is O=C(N/N=C/c1ccccc1Cl)C(=O)Nc1cc(C(F)(F)F)ccc1Cl. The zero-order valence-corrected chi connectivity index (χ0v) is 14.3. The number of carbonyl (C=O) groups excluding carboxylic acids is 2. The summed E-state index contributed by atoms with van der Waals surface area (Å²) in [5.74, 6) is -2.43. The molecule has 0 saturated heterocycles. The van der Waals surface area contributed by atoms with E-state index in [1.54, 1.807) is 24.3 Å². The fraction of sp³-hybridized carbons (Fsp3) is 0.0625. The molecule has 0 aliphatic carbocycles. The number of benzene rings is 2. The van der Waals surface area contributed by atoms with Crippen molar-refractivity contribution in [3.8, 4) is 0 Å². The quantitative estimate of drug-likeness (QED) is 0.460. The summed E-state index contributed by atoms with van der Waals surface area (Å²) in [4.78, 5) is 23.5. The minimum absolute atomic E-state index is 0.154. The first-order valence-corrected chi connectivity index (χ1v) is 7.69. The summed E-state index contributed by atoms with van der Waals surface area (Å²) < 4.78 is 38.1. The average molecular weight is 404 g/mol. The highest BCUT2D eigenvalue weighted by molar-refractivity contribution is 6.41. The molecule has 0 fully saturated rings. The van der Waals surface area contributed by atoms with Crippen LogP contribution in [0.1, 0.15) is 11.1 Å². The van der Waals surface area contributed by atoms with Gasteiger partial charge in [-0.05, 0) is 24.3 Å². The van der Waals surface area contributed by atoms with Crippen LogP contribution in [0.3, 0.4) is 0 Å². The van der Waals surface area contributed by atoms with Crippen molar-refractivity contribution in [1.82, 2.24) is 5.43 Å². The monoisotopic (exact) mass is 403 g/mol. The maximum atomic E-state index is 12.7. The molecule has 0 unspecified atom stereocenters. The number of nitrogens with zero attached hydrogens (tertiary/aromatic N) is 1. The van der Waals surface area contributed by atoms with Gasteiger partial charge in [-0.25, -0.2) is 5.43 Å². The van der Waals surface area contributed by atoms with Crippen LogP contribution in [0.5, 0.6) is 0 Å². The summed E-state index contributed by atoms with van der Waals surface area (Å²) in [5.41, 5.74) is 1.06. The largest absolute Gasteiger partial charge is 0.416 e. The number of nitrogens with one attached hydrogen (secondary N) is 2. The number of hydrogen-bond acceptors (Lipinski definition) is 3. The van der Waals surface area contributed by atoms with Gasteiger partial charge in [-0.15, -0.1) is 0 Å². The molecule has 2 rings (SSSR count). The first kappa shape index (κ1) is 19.7. The Morgan fingerprint density at radius 3 is 2.35 bits per heavy atom. The molecule has 0 aliphatic heterocycles. The Hall–Kier alpha value is -2.58. The van der Waals surface area contributed by atoms with E-state index in [4.69, 9.17) is 23.2 Å². The van der Waals surface area contributed by atoms with Crippen molar-refractivity contribution >= 4 is 46.9 Å². The molecule has 0 heterocycles. The van der Waals surface area contributed by atoms with E-state index in [1.165, 1.54) is 6.21 Å². The van der Waals surface area contributed by atoms with Crippen LogP contribution in [0.2, 0.25) is 10.0 Å². The van der Waals surface area contributed by atoms with Gasteiger partial charge < -0.3 is 5.32 Å². The summed E-state index contributed by atoms with van der Waals surface area (Å²) in [7, 11) is 0. The molecule has 0 aromatic heterocycles. The second-order valence-electron chi connectivity index (χ2n) is 4.87. The van der Waals surface area contributed by atoms with Crippen LogP contribution in [0.15, 0.2) is 47.6 Å². The molecule has 136 valence electrons. The van der Waals surface area contributed by atoms with Crippen LogP contribution in [0.25, 0.3) is 0 Å². The number of halogens is 5. The van der Waals surface area contributed by atoms with Gasteiger partial charge in [0, 0.05) is 10.6 Å². The van der Waals surface area contributed by atoms with Gasteiger partial charge >= 0.3 is 18.0 Å². The third-order valence-electron chi connectivity index (χ3n) is 3.02. The van der Waals surface area contributed by atoms with Crippen molar-refractivity contribution < 1.29 is 22.8 Å². The Balaban J connectivity index is 2.03. The minimum atomic E-state index is -4.62. The summed E-state index contributed by atoms with van der Waals surface area (Å²) in [5, 5.41) is 5.79. The Morgan fingerprint density at radius 1 is 1.00 bits per heavy atom. The zero-order chi connectivity index (χ0) is 19.3. The van der Waals surface area contributed by atoms with Crippen LogP contribution in [-0.4, -0.2) is 18.0 Å². The normalized spacial score (nSPS) is 11.4. The summed E-state index contributed by atoms with van der Waals surface area (Å²) in [6, 6.07) is 8.97. The molecular weight excluding hydrogens is 394 g/mol. The molecule has 0 aliphatic rings. The van der Waals surface area contributed by atoms with Gasteiger partial charge in [0.2, 0.25) is 0 Å². The Morgan fingerprint density at radius 2 is 1.69 bits per heavy atom. The molecule has 0 bridgehead atoms. The molecule has 2 aromatic rings. The summed E-state index contributed by atoms with van der Waals surface area (Å²) in [6.45, 7) is 0. The van der Waals surface area contributed by atoms with Gasteiger partial charge in [0.1, 0.15) is 0 Å². The first-order valence-electron chi connectivity index (χ1n) is 6.94. The Kier molecular flexibility index (Phi) is 6.23. The van der Waals surface area contributed by atoms with E-state index in [2.05, 4.69) is 5.10 Å². The van der Waals surface area contributed by atoms with Crippen LogP contribution in [0.4, 0.5) is 18.9 Å². The lowest BCUT2D eigenvalue weighted by molar-refractivity contribution is -0.137. The summed E-state index contributed by atoms with van der Waals surface area (Å²) in [6.07, 6.45) is -3.41. The Bertz CT molecular complexity index is 870. The van der Waals surface area contributed by atoms with Gasteiger partial charge in [0.15, 0.2) is 0 Å². The smallest absolute Gasteiger partial charge is 0.316 e. The molecule has 5 nitrogen and oxygen atoms in total. The highest BCUT2D eigenvalue weighted by Gasteiger charge is 2.31. The third kappa shape index (κ3) is 5.21. The molecule has 2 amide bonds. The number of alkyl halides is 3. The van der Waals surface area contributed by atoms with Crippen molar-refractivity contribution in [2.75, 3.05) is 5.32 Å². The molecule has 0 radical (unpaired) electrons. The van der Waals surface area contributed by atoms with Gasteiger partial charge in [-0.3, -0.25) is 9.59 Å². The number of carbonyl (C=O) groups is 2. The van der Waals surface area contributed by atoms with Crippen molar-refractivity contribution in [3.63, 3.8) is 0 Å². The number of amides is 2. The number of anilines is 1. The Labute approximate surface area is 155 Å². The van der Waals surface area contributed by atoms with Gasteiger partial charge in [-0.2, -0.15) is 18.3 Å². The number of hydrogen-bond donors (Lipinski definition) is 2. The van der Waals surface area contributed by atoms with Gasteiger partial charge in [-0.1, -0.05) is 41.4 Å². The predicted molar refractivity (Wildman–Crippen MR) is 92.3 cm³/mol. The average Bonchev–Trinajstić information content (AvgIpc) is 2.57. The van der Waals surface area contributed by atoms with Gasteiger partial charge in [0.05, 0.1) is 22.5 Å². The number of hydrazone groups is 1. The molecule has 26 heavy (non-hydrogen) atoms. The summed E-state index contributed by atoms with van der Waals surface area (Å²) >= 11 is 11.6. The third-order valence-corrected chi connectivity index (χ3v) is 3.70. The molecular formula is C16H10Cl2F3N3O2. The van der Waals surface area contributed by atoms with Crippen LogP contribution < -0.4 is 10.7 Å². The highest BCUT2D eigenvalue weighted by Crippen LogP contribution is 2.33. The fourth-order valence-corrected chi connectivity index (χ4v) is 2.12. The lowest BCUT2D eigenvalue weighted by Crippen LogP contribution is -2.32. The highest BCUT2D eigenvalue weighted by atomic mass is 35.5. The maximum Gasteiger partial charge on any atom is 0.416 e. The van der Waals surface area contributed by atoms with E-state index in [0.29, 0.717) is 16.7 Å².